The molecule has 0 radical (unpaired) electrons. The van der Waals surface area contributed by atoms with Crippen LogP contribution in [0.1, 0.15) is 18.4 Å². The fraction of sp³-hybridized carbons (Fsp3) is 0.312. The highest BCUT2D eigenvalue weighted by molar-refractivity contribution is 5.49. The Hall–Kier alpha value is -2.03. The summed E-state index contributed by atoms with van der Waals surface area (Å²) in [6.45, 7) is 3.24. The zero-order chi connectivity index (χ0) is 12.9. The Kier molecular flexibility index (Phi) is 3.63. The van der Waals surface area contributed by atoms with Crippen LogP contribution in [-0.2, 0) is 6.54 Å². The van der Waals surface area contributed by atoms with Crippen LogP contribution in [0.25, 0.3) is 0 Å². The fourth-order valence-corrected chi connectivity index (χ4v) is 2.47. The second-order valence-corrected chi connectivity index (χ2v) is 4.96. The molecule has 1 fully saturated rings. The second kappa shape index (κ2) is 5.74. The molecule has 0 unspecified atom stereocenters. The van der Waals surface area contributed by atoms with Crippen molar-refractivity contribution in [2.45, 2.75) is 19.4 Å². The molecule has 1 aliphatic heterocycles. The van der Waals surface area contributed by atoms with Crippen molar-refractivity contribution in [2.75, 3.05) is 23.3 Å². The topological polar surface area (TPSA) is 28.2 Å². The van der Waals surface area contributed by atoms with Gasteiger partial charge in [-0.2, -0.15) is 0 Å². The van der Waals surface area contributed by atoms with Gasteiger partial charge in [-0.15, -0.1) is 0 Å². The molecule has 98 valence electrons. The maximum atomic E-state index is 4.09. The van der Waals surface area contributed by atoms with Crippen molar-refractivity contribution in [2.24, 2.45) is 0 Å². The van der Waals surface area contributed by atoms with E-state index >= 15 is 0 Å². The monoisotopic (exact) mass is 253 g/mol. The van der Waals surface area contributed by atoms with Crippen molar-refractivity contribution in [1.29, 1.82) is 0 Å². The number of nitrogens with zero attached hydrogens (tertiary/aromatic N) is 2. The van der Waals surface area contributed by atoms with Crippen LogP contribution >= 0.6 is 0 Å². The molecule has 1 aromatic heterocycles. The van der Waals surface area contributed by atoms with Gasteiger partial charge in [0.1, 0.15) is 0 Å². The summed E-state index contributed by atoms with van der Waals surface area (Å²) in [7, 11) is 0. The molecule has 19 heavy (non-hydrogen) atoms. The van der Waals surface area contributed by atoms with Crippen LogP contribution in [-0.4, -0.2) is 18.1 Å². The van der Waals surface area contributed by atoms with Crippen molar-refractivity contribution in [1.82, 2.24) is 4.98 Å². The van der Waals surface area contributed by atoms with E-state index in [2.05, 4.69) is 39.5 Å². The molecule has 1 N–H and O–H groups in total. The van der Waals surface area contributed by atoms with Crippen molar-refractivity contribution in [3.63, 3.8) is 0 Å². The first-order valence-electron chi connectivity index (χ1n) is 6.89. The lowest BCUT2D eigenvalue weighted by atomic mass is 10.2. The summed E-state index contributed by atoms with van der Waals surface area (Å²) >= 11 is 0. The highest BCUT2D eigenvalue weighted by Gasteiger charge is 2.11. The molecule has 1 saturated heterocycles. The molecule has 0 amide bonds. The Morgan fingerprint density at radius 2 is 1.84 bits per heavy atom. The van der Waals surface area contributed by atoms with Gasteiger partial charge in [0, 0.05) is 37.7 Å². The van der Waals surface area contributed by atoms with E-state index in [1.165, 1.54) is 37.2 Å². The predicted octanol–water partition coefficient (Wildman–Crippen LogP) is 3.29. The molecule has 2 aromatic rings. The van der Waals surface area contributed by atoms with Gasteiger partial charge in [0.25, 0.3) is 0 Å². The van der Waals surface area contributed by atoms with E-state index in [0.717, 1.165) is 12.2 Å². The maximum Gasteiger partial charge on any atom is 0.0529 e. The first-order valence-corrected chi connectivity index (χ1v) is 6.89. The highest BCUT2D eigenvalue weighted by atomic mass is 15.1. The van der Waals surface area contributed by atoms with E-state index in [1.807, 2.05) is 18.3 Å². The third-order valence-corrected chi connectivity index (χ3v) is 3.57. The molecular formula is C16H19N3. The number of hydrogen-bond acceptors (Lipinski definition) is 3. The van der Waals surface area contributed by atoms with Crippen molar-refractivity contribution >= 4 is 11.4 Å². The van der Waals surface area contributed by atoms with Crippen molar-refractivity contribution in [3.05, 3.63) is 54.4 Å². The smallest absolute Gasteiger partial charge is 0.0529 e. The summed E-state index contributed by atoms with van der Waals surface area (Å²) in [5.74, 6) is 0. The molecule has 3 nitrogen and oxygen atoms in total. The highest BCUT2D eigenvalue weighted by Crippen LogP contribution is 2.20. The van der Waals surface area contributed by atoms with Crippen LogP contribution in [0.15, 0.2) is 48.8 Å². The van der Waals surface area contributed by atoms with Gasteiger partial charge in [0.15, 0.2) is 0 Å². The third-order valence-electron chi connectivity index (χ3n) is 3.57. The van der Waals surface area contributed by atoms with E-state index < -0.39 is 0 Å². The number of nitrogens with one attached hydrogen (secondary N) is 1. The summed E-state index contributed by atoms with van der Waals surface area (Å²) < 4.78 is 0. The number of hydrogen-bond donors (Lipinski definition) is 1. The first kappa shape index (κ1) is 12.0. The zero-order valence-electron chi connectivity index (χ0n) is 11.0. The van der Waals surface area contributed by atoms with E-state index in [9.17, 15) is 0 Å². The van der Waals surface area contributed by atoms with Crippen LogP contribution < -0.4 is 10.2 Å². The predicted molar refractivity (Wildman–Crippen MR) is 79.5 cm³/mol. The van der Waals surface area contributed by atoms with E-state index in [0.29, 0.717) is 0 Å². The zero-order valence-corrected chi connectivity index (χ0v) is 11.0. The van der Waals surface area contributed by atoms with Gasteiger partial charge in [0.05, 0.1) is 5.69 Å². The third kappa shape index (κ3) is 3.05. The van der Waals surface area contributed by atoms with E-state index in [1.54, 1.807) is 6.20 Å². The van der Waals surface area contributed by atoms with Crippen LogP contribution in [0.3, 0.4) is 0 Å². The van der Waals surface area contributed by atoms with E-state index in [-0.39, 0.29) is 0 Å². The molecule has 0 aliphatic carbocycles. The van der Waals surface area contributed by atoms with Gasteiger partial charge >= 0.3 is 0 Å². The normalized spacial score (nSPS) is 14.6. The minimum atomic E-state index is 0.839. The lowest BCUT2D eigenvalue weighted by Gasteiger charge is -2.17. The number of aromatic nitrogens is 1. The average molecular weight is 253 g/mol. The lowest BCUT2D eigenvalue weighted by Crippen LogP contribution is -2.17. The average Bonchev–Trinajstić information content (AvgIpc) is 3.01. The van der Waals surface area contributed by atoms with Crippen LogP contribution in [0, 0.1) is 0 Å². The lowest BCUT2D eigenvalue weighted by molar-refractivity contribution is 0.949. The number of pyridine rings is 1. The summed E-state index contributed by atoms with van der Waals surface area (Å²) in [5.41, 5.74) is 3.71. The molecule has 0 bridgehead atoms. The minimum absolute atomic E-state index is 0.839. The second-order valence-electron chi connectivity index (χ2n) is 4.96. The molecule has 2 heterocycles. The fourth-order valence-electron chi connectivity index (χ4n) is 2.47. The summed E-state index contributed by atoms with van der Waals surface area (Å²) in [6, 6.07) is 12.8. The minimum Gasteiger partial charge on any atom is -0.380 e. The van der Waals surface area contributed by atoms with Gasteiger partial charge in [-0.25, -0.2) is 0 Å². The number of anilines is 2. The van der Waals surface area contributed by atoms with Crippen LogP contribution in [0.4, 0.5) is 11.4 Å². The molecule has 3 heteroatoms. The largest absolute Gasteiger partial charge is 0.380 e. The van der Waals surface area contributed by atoms with Crippen molar-refractivity contribution in [3.8, 4) is 0 Å². The van der Waals surface area contributed by atoms with Gasteiger partial charge in [-0.3, -0.25) is 4.98 Å². The summed E-state index contributed by atoms with van der Waals surface area (Å²) in [5, 5.41) is 3.37. The molecule has 0 spiro atoms. The molecule has 3 rings (SSSR count). The first-order chi connectivity index (χ1) is 9.42. The van der Waals surface area contributed by atoms with Crippen LogP contribution in [0.2, 0.25) is 0 Å². The Balaban J connectivity index is 1.60. The molecule has 1 aliphatic rings. The molecule has 1 aromatic carbocycles. The van der Waals surface area contributed by atoms with Gasteiger partial charge in [-0.1, -0.05) is 12.1 Å². The molecule has 0 saturated carbocycles. The quantitative estimate of drug-likeness (QED) is 0.906. The van der Waals surface area contributed by atoms with Crippen molar-refractivity contribution < 1.29 is 0 Å². The van der Waals surface area contributed by atoms with Crippen LogP contribution in [0.5, 0.6) is 0 Å². The molecule has 0 atom stereocenters. The SMILES string of the molecule is c1cncc(NCc2ccc(N3CCCC3)cc2)c1. The Labute approximate surface area is 114 Å². The van der Waals surface area contributed by atoms with Gasteiger partial charge < -0.3 is 10.2 Å². The standard InChI is InChI=1S/C16H19N3/c1-2-11-19(10-1)16-7-5-14(6-8-16)12-18-15-4-3-9-17-13-15/h3-9,13,18H,1-2,10-12H2. The summed E-state index contributed by atoms with van der Waals surface area (Å²) in [4.78, 5) is 6.55. The Bertz CT molecular complexity index is 501. The maximum absolute atomic E-state index is 4.09. The summed E-state index contributed by atoms with van der Waals surface area (Å²) in [6.07, 6.45) is 6.28. The number of rotatable bonds is 4. The Morgan fingerprint density at radius 3 is 2.53 bits per heavy atom. The Morgan fingerprint density at radius 1 is 1.05 bits per heavy atom. The number of benzene rings is 1. The van der Waals surface area contributed by atoms with Gasteiger partial charge in [0.2, 0.25) is 0 Å². The van der Waals surface area contributed by atoms with Gasteiger partial charge in [-0.05, 0) is 42.7 Å². The molecular weight excluding hydrogens is 234 g/mol. The van der Waals surface area contributed by atoms with E-state index in [4.69, 9.17) is 0 Å².